The highest BCUT2D eigenvalue weighted by molar-refractivity contribution is 5.52. The zero-order valence-electron chi connectivity index (χ0n) is 7.53. The predicted molar refractivity (Wildman–Crippen MR) is 52.1 cm³/mol. The molecule has 2 heteroatoms. The van der Waals surface area contributed by atoms with Crippen molar-refractivity contribution in [1.29, 1.82) is 5.26 Å². The van der Waals surface area contributed by atoms with E-state index in [2.05, 4.69) is 6.07 Å². The van der Waals surface area contributed by atoms with Gasteiger partial charge in [-0.1, -0.05) is 24.3 Å². The number of hydrogen-bond acceptors (Lipinski definition) is 2. The summed E-state index contributed by atoms with van der Waals surface area (Å²) in [5.74, 6) is 0. The van der Waals surface area contributed by atoms with E-state index in [1.165, 1.54) is 0 Å². The lowest BCUT2D eigenvalue weighted by atomic mass is 10.1. The van der Waals surface area contributed by atoms with Crippen LogP contribution in [0.4, 0.5) is 0 Å². The van der Waals surface area contributed by atoms with Crippen molar-refractivity contribution in [3.63, 3.8) is 0 Å². The first-order valence-electron chi connectivity index (χ1n) is 4.02. The van der Waals surface area contributed by atoms with E-state index in [4.69, 9.17) is 10.00 Å². The number of hydrogen-bond donors (Lipinski definition) is 0. The number of nitriles is 1. The molecule has 66 valence electrons. The van der Waals surface area contributed by atoms with Crippen molar-refractivity contribution >= 4 is 6.08 Å². The van der Waals surface area contributed by atoms with Gasteiger partial charge in [0.25, 0.3) is 0 Å². The fourth-order valence-corrected chi connectivity index (χ4v) is 0.992. The lowest BCUT2D eigenvalue weighted by molar-refractivity contribution is 0.234. The largest absolute Gasteiger partial charge is 0.381 e. The van der Waals surface area contributed by atoms with E-state index in [1.807, 2.05) is 30.4 Å². The van der Waals surface area contributed by atoms with Crippen molar-refractivity contribution in [2.75, 3.05) is 13.7 Å². The fourth-order valence-electron chi connectivity index (χ4n) is 0.992. The molecule has 13 heavy (non-hydrogen) atoms. The molecule has 0 aliphatic heterocycles. The summed E-state index contributed by atoms with van der Waals surface area (Å²) in [7, 11) is 1.65. The molecule has 0 amide bonds. The lowest BCUT2D eigenvalue weighted by Gasteiger charge is -1.93. The number of methoxy groups -OCH3 is 1. The molecular weight excluding hydrogens is 162 g/mol. The molecular formula is C11H11NO. The fraction of sp³-hybridized carbons (Fsp3) is 0.182. The maximum absolute atomic E-state index is 8.63. The van der Waals surface area contributed by atoms with Crippen molar-refractivity contribution < 1.29 is 4.74 Å². The Labute approximate surface area is 78.1 Å². The van der Waals surface area contributed by atoms with Gasteiger partial charge in [-0.15, -0.1) is 0 Å². The minimum atomic E-state index is 0.594. The number of ether oxygens (including phenoxy) is 1. The summed E-state index contributed by atoms with van der Waals surface area (Å²) in [5.41, 5.74) is 1.70. The Morgan fingerprint density at radius 3 is 3.08 bits per heavy atom. The molecule has 1 aromatic rings. The molecule has 0 spiro atoms. The van der Waals surface area contributed by atoms with Crippen LogP contribution in [0.2, 0.25) is 0 Å². The van der Waals surface area contributed by atoms with Gasteiger partial charge in [-0.25, -0.2) is 0 Å². The molecule has 0 atom stereocenters. The summed E-state index contributed by atoms with van der Waals surface area (Å²) in [4.78, 5) is 0. The van der Waals surface area contributed by atoms with Crippen LogP contribution in [0.15, 0.2) is 30.3 Å². The molecule has 0 unspecified atom stereocenters. The van der Waals surface area contributed by atoms with Gasteiger partial charge in [0.05, 0.1) is 18.2 Å². The van der Waals surface area contributed by atoms with Gasteiger partial charge in [0.1, 0.15) is 0 Å². The third-order valence-electron chi connectivity index (χ3n) is 1.59. The van der Waals surface area contributed by atoms with E-state index in [0.29, 0.717) is 12.2 Å². The topological polar surface area (TPSA) is 33.0 Å². The first-order chi connectivity index (χ1) is 6.36. The van der Waals surface area contributed by atoms with Crippen molar-refractivity contribution in [2.45, 2.75) is 0 Å². The molecule has 0 saturated carbocycles. The second-order valence-corrected chi connectivity index (χ2v) is 2.59. The van der Waals surface area contributed by atoms with Crippen LogP contribution in [-0.4, -0.2) is 13.7 Å². The molecule has 0 aromatic heterocycles. The van der Waals surface area contributed by atoms with Crippen molar-refractivity contribution in [3.8, 4) is 6.07 Å². The summed E-state index contributed by atoms with van der Waals surface area (Å²) in [6, 6.07) is 9.53. The Balaban J connectivity index is 2.73. The normalized spacial score (nSPS) is 10.2. The van der Waals surface area contributed by atoms with E-state index in [9.17, 15) is 0 Å². The van der Waals surface area contributed by atoms with Gasteiger partial charge in [0.15, 0.2) is 0 Å². The quantitative estimate of drug-likeness (QED) is 0.702. The summed E-state index contributed by atoms with van der Waals surface area (Å²) >= 11 is 0. The Bertz CT molecular complexity index is 336. The van der Waals surface area contributed by atoms with Gasteiger partial charge in [-0.3, -0.25) is 0 Å². The van der Waals surface area contributed by atoms with Crippen LogP contribution in [0.5, 0.6) is 0 Å². The van der Waals surface area contributed by atoms with E-state index in [1.54, 1.807) is 13.2 Å². The molecule has 0 heterocycles. The highest BCUT2D eigenvalue weighted by Crippen LogP contribution is 2.05. The van der Waals surface area contributed by atoms with Crippen molar-refractivity contribution in [2.24, 2.45) is 0 Å². The van der Waals surface area contributed by atoms with Gasteiger partial charge in [0, 0.05) is 7.11 Å². The first-order valence-corrected chi connectivity index (χ1v) is 4.02. The van der Waals surface area contributed by atoms with Crippen molar-refractivity contribution in [3.05, 3.63) is 41.5 Å². The Kier molecular flexibility index (Phi) is 3.74. The molecule has 0 saturated heterocycles. The van der Waals surface area contributed by atoms with Crippen LogP contribution in [0, 0.1) is 11.3 Å². The smallest absolute Gasteiger partial charge is 0.0991 e. The number of benzene rings is 1. The summed E-state index contributed by atoms with van der Waals surface area (Å²) in [6.45, 7) is 0.594. The minimum absolute atomic E-state index is 0.594. The molecule has 1 rings (SSSR count). The van der Waals surface area contributed by atoms with Crippen LogP contribution in [0.3, 0.4) is 0 Å². The number of nitrogens with zero attached hydrogens (tertiary/aromatic N) is 1. The van der Waals surface area contributed by atoms with Gasteiger partial charge in [0.2, 0.25) is 0 Å². The average molecular weight is 173 g/mol. The molecule has 0 radical (unpaired) electrons. The maximum atomic E-state index is 8.63. The number of rotatable bonds is 3. The maximum Gasteiger partial charge on any atom is 0.0991 e. The molecule has 2 nitrogen and oxygen atoms in total. The minimum Gasteiger partial charge on any atom is -0.381 e. The summed E-state index contributed by atoms with van der Waals surface area (Å²) < 4.78 is 4.87. The third-order valence-corrected chi connectivity index (χ3v) is 1.59. The van der Waals surface area contributed by atoms with Crippen molar-refractivity contribution in [1.82, 2.24) is 0 Å². The average Bonchev–Trinajstić information content (AvgIpc) is 2.19. The Morgan fingerprint density at radius 1 is 1.54 bits per heavy atom. The first kappa shape index (κ1) is 9.50. The monoisotopic (exact) mass is 173 g/mol. The molecule has 0 fully saturated rings. The van der Waals surface area contributed by atoms with E-state index >= 15 is 0 Å². The summed E-state index contributed by atoms with van der Waals surface area (Å²) in [5, 5.41) is 8.63. The standard InChI is InChI=1S/C11H11NO/c1-13-7-3-6-10-4-2-5-11(8-10)9-12/h2-6,8H,7H2,1H3. The second-order valence-electron chi connectivity index (χ2n) is 2.59. The summed E-state index contributed by atoms with van der Waals surface area (Å²) in [6.07, 6.45) is 3.85. The molecule has 0 aliphatic rings. The van der Waals surface area contributed by atoms with Crippen LogP contribution in [0.25, 0.3) is 6.08 Å². The zero-order valence-corrected chi connectivity index (χ0v) is 7.53. The Morgan fingerprint density at radius 2 is 2.38 bits per heavy atom. The molecule has 0 bridgehead atoms. The van der Waals surface area contributed by atoms with Gasteiger partial charge in [-0.05, 0) is 17.7 Å². The molecule has 0 N–H and O–H groups in total. The lowest BCUT2D eigenvalue weighted by Crippen LogP contribution is -1.81. The molecule has 0 aliphatic carbocycles. The zero-order chi connectivity index (χ0) is 9.52. The van der Waals surface area contributed by atoms with Crippen LogP contribution >= 0.6 is 0 Å². The van der Waals surface area contributed by atoms with E-state index in [-0.39, 0.29) is 0 Å². The van der Waals surface area contributed by atoms with E-state index in [0.717, 1.165) is 5.56 Å². The predicted octanol–water partition coefficient (Wildman–Crippen LogP) is 2.22. The van der Waals surface area contributed by atoms with Crippen LogP contribution < -0.4 is 0 Å². The second kappa shape index (κ2) is 5.13. The van der Waals surface area contributed by atoms with Crippen LogP contribution in [0.1, 0.15) is 11.1 Å². The molecule has 1 aromatic carbocycles. The Hall–Kier alpha value is -1.59. The van der Waals surface area contributed by atoms with Gasteiger partial charge < -0.3 is 4.74 Å². The van der Waals surface area contributed by atoms with Gasteiger partial charge >= 0.3 is 0 Å². The highest BCUT2D eigenvalue weighted by Gasteiger charge is 1.89. The van der Waals surface area contributed by atoms with Gasteiger partial charge in [-0.2, -0.15) is 5.26 Å². The van der Waals surface area contributed by atoms with E-state index < -0.39 is 0 Å². The van der Waals surface area contributed by atoms with Crippen LogP contribution in [-0.2, 0) is 4.74 Å². The SMILES string of the molecule is COCC=Cc1cccc(C#N)c1. The highest BCUT2D eigenvalue weighted by atomic mass is 16.5. The third kappa shape index (κ3) is 3.10.